The van der Waals surface area contributed by atoms with Gasteiger partial charge in [0.1, 0.15) is 11.4 Å². The molecule has 19 heavy (non-hydrogen) atoms. The highest BCUT2D eigenvalue weighted by Gasteiger charge is 2.29. The summed E-state index contributed by atoms with van der Waals surface area (Å²) in [5.41, 5.74) is 6.01. The van der Waals surface area contributed by atoms with Gasteiger partial charge in [0.25, 0.3) is 5.91 Å². The minimum absolute atomic E-state index is 0.0890. The number of carbonyl (C=O) groups is 1. The van der Waals surface area contributed by atoms with Gasteiger partial charge in [-0.1, -0.05) is 22.0 Å². The Morgan fingerprint density at radius 2 is 2.11 bits per heavy atom. The highest BCUT2D eigenvalue weighted by molar-refractivity contribution is 9.10. The van der Waals surface area contributed by atoms with Crippen molar-refractivity contribution in [1.82, 2.24) is 5.32 Å². The van der Waals surface area contributed by atoms with Gasteiger partial charge in [0.2, 0.25) is 0 Å². The molecule has 1 heterocycles. The van der Waals surface area contributed by atoms with E-state index in [9.17, 15) is 18.0 Å². The summed E-state index contributed by atoms with van der Waals surface area (Å²) in [6.07, 6.45) is -4.44. The molecule has 1 aromatic carbocycles. The lowest BCUT2D eigenvalue weighted by Gasteiger charge is -2.07. The topological polar surface area (TPSA) is 55.1 Å². The third-order valence-corrected chi connectivity index (χ3v) is 4.19. The third-order valence-electron chi connectivity index (χ3n) is 2.36. The number of rotatable bonds is 2. The predicted molar refractivity (Wildman–Crippen MR) is 72.3 cm³/mol. The van der Waals surface area contributed by atoms with E-state index >= 15 is 0 Å². The minimum Gasteiger partial charge on any atom is -0.397 e. The van der Waals surface area contributed by atoms with Gasteiger partial charge >= 0.3 is 6.18 Å². The molecular weight excluding hydrogens is 345 g/mol. The fraction of sp³-hybridized carbons (Fsp3) is 0.182. The molecule has 0 spiro atoms. The largest absolute Gasteiger partial charge is 0.405 e. The van der Waals surface area contributed by atoms with Crippen molar-refractivity contribution in [3.63, 3.8) is 0 Å². The Bertz CT molecular complexity index is 639. The number of nitrogens with one attached hydrogen (secondary N) is 1. The van der Waals surface area contributed by atoms with E-state index in [1.165, 1.54) is 0 Å². The number of halogens is 4. The molecule has 102 valence electrons. The number of fused-ring (bicyclic) bond motifs is 1. The van der Waals surface area contributed by atoms with Crippen molar-refractivity contribution in [2.24, 2.45) is 0 Å². The first-order chi connectivity index (χ1) is 8.79. The van der Waals surface area contributed by atoms with Gasteiger partial charge in [0, 0.05) is 14.6 Å². The summed E-state index contributed by atoms with van der Waals surface area (Å²) in [7, 11) is 0. The van der Waals surface area contributed by atoms with Crippen LogP contribution in [0, 0.1) is 0 Å². The van der Waals surface area contributed by atoms with Crippen LogP contribution in [0.3, 0.4) is 0 Å². The zero-order valence-electron chi connectivity index (χ0n) is 9.34. The van der Waals surface area contributed by atoms with Crippen molar-refractivity contribution in [1.29, 1.82) is 0 Å². The maximum absolute atomic E-state index is 12.1. The van der Waals surface area contributed by atoms with E-state index < -0.39 is 18.6 Å². The summed E-state index contributed by atoms with van der Waals surface area (Å²) in [5.74, 6) is -0.817. The molecule has 0 bridgehead atoms. The van der Waals surface area contributed by atoms with Crippen LogP contribution >= 0.6 is 27.3 Å². The Kier molecular flexibility index (Phi) is 3.73. The van der Waals surface area contributed by atoms with Gasteiger partial charge in [-0.2, -0.15) is 13.2 Å². The second kappa shape index (κ2) is 5.01. The molecule has 1 amide bonds. The van der Waals surface area contributed by atoms with Gasteiger partial charge in [-0.05, 0) is 12.1 Å². The lowest BCUT2D eigenvalue weighted by Crippen LogP contribution is -2.33. The molecule has 2 aromatic rings. The highest BCUT2D eigenvalue weighted by Crippen LogP contribution is 2.38. The van der Waals surface area contributed by atoms with E-state index in [1.807, 2.05) is 5.32 Å². The van der Waals surface area contributed by atoms with Crippen molar-refractivity contribution in [3.8, 4) is 0 Å². The van der Waals surface area contributed by atoms with Crippen molar-refractivity contribution in [2.45, 2.75) is 6.18 Å². The lowest BCUT2D eigenvalue weighted by molar-refractivity contribution is -0.123. The van der Waals surface area contributed by atoms with Crippen LogP contribution < -0.4 is 11.1 Å². The summed E-state index contributed by atoms with van der Waals surface area (Å²) in [4.78, 5) is 11.8. The molecule has 0 atom stereocenters. The normalized spacial score (nSPS) is 11.8. The van der Waals surface area contributed by atoms with Gasteiger partial charge in [-0.15, -0.1) is 11.3 Å². The molecule has 2 rings (SSSR count). The molecular formula is C11H8BrF3N2OS. The quantitative estimate of drug-likeness (QED) is 0.868. The Labute approximate surface area is 118 Å². The number of benzene rings is 1. The van der Waals surface area contributed by atoms with Crippen LogP contribution in [0.4, 0.5) is 18.9 Å². The molecule has 0 fully saturated rings. The second-order valence-corrected chi connectivity index (χ2v) is 5.66. The van der Waals surface area contributed by atoms with Crippen LogP contribution in [0.15, 0.2) is 22.7 Å². The standard InChI is InChI=1S/C11H8BrF3N2OS/c12-5-2-1-3-6-7(5)8(16)9(19-6)10(18)17-4-11(13,14)15/h1-3H,4,16H2,(H,17,18). The van der Waals surface area contributed by atoms with E-state index in [2.05, 4.69) is 15.9 Å². The molecule has 0 saturated carbocycles. The predicted octanol–water partition coefficient (Wildman–Crippen LogP) is 3.54. The number of thiophene rings is 1. The highest BCUT2D eigenvalue weighted by atomic mass is 79.9. The smallest absolute Gasteiger partial charge is 0.397 e. The maximum atomic E-state index is 12.1. The first-order valence-electron chi connectivity index (χ1n) is 5.11. The lowest BCUT2D eigenvalue weighted by atomic mass is 10.2. The SMILES string of the molecule is Nc1c(C(=O)NCC(F)(F)F)sc2cccc(Br)c12. The molecule has 0 aliphatic heterocycles. The number of amides is 1. The van der Waals surface area contributed by atoms with Crippen molar-refractivity contribution >= 4 is 48.9 Å². The summed E-state index contributed by atoms with van der Waals surface area (Å²) in [6.45, 7) is -1.37. The van der Waals surface area contributed by atoms with Crippen LogP contribution in [-0.2, 0) is 0 Å². The van der Waals surface area contributed by atoms with Crippen LogP contribution in [0.1, 0.15) is 9.67 Å². The molecule has 8 heteroatoms. The average molecular weight is 353 g/mol. The third kappa shape index (κ3) is 3.01. The Morgan fingerprint density at radius 3 is 2.68 bits per heavy atom. The molecule has 0 aliphatic rings. The Hall–Kier alpha value is -1.28. The molecule has 0 saturated heterocycles. The molecule has 0 unspecified atom stereocenters. The molecule has 0 aliphatic carbocycles. The van der Waals surface area contributed by atoms with Gasteiger partial charge in [-0.3, -0.25) is 4.79 Å². The first kappa shape index (κ1) is 14.1. The van der Waals surface area contributed by atoms with E-state index in [0.717, 1.165) is 16.0 Å². The van der Waals surface area contributed by atoms with Gasteiger partial charge in [0.05, 0.1) is 5.69 Å². The first-order valence-corrected chi connectivity index (χ1v) is 6.72. The van der Waals surface area contributed by atoms with Crippen LogP contribution in [0.5, 0.6) is 0 Å². The number of hydrogen-bond donors (Lipinski definition) is 2. The second-order valence-electron chi connectivity index (χ2n) is 3.76. The number of carbonyl (C=O) groups excluding carboxylic acids is 1. The van der Waals surface area contributed by atoms with E-state index in [4.69, 9.17) is 5.73 Å². The number of nitrogens with two attached hydrogens (primary N) is 1. The van der Waals surface area contributed by atoms with Gasteiger partial charge in [0.15, 0.2) is 0 Å². The Morgan fingerprint density at radius 1 is 1.42 bits per heavy atom. The van der Waals surface area contributed by atoms with Crippen molar-refractivity contribution in [3.05, 3.63) is 27.5 Å². The minimum atomic E-state index is -4.44. The van der Waals surface area contributed by atoms with E-state index in [0.29, 0.717) is 9.86 Å². The molecule has 0 radical (unpaired) electrons. The summed E-state index contributed by atoms with van der Waals surface area (Å²) in [6, 6.07) is 5.27. The van der Waals surface area contributed by atoms with Gasteiger partial charge in [-0.25, -0.2) is 0 Å². The zero-order chi connectivity index (χ0) is 14.2. The summed E-state index contributed by atoms with van der Waals surface area (Å²) >= 11 is 4.36. The maximum Gasteiger partial charge on any atom is 0.405 e. The van der Waals surface area contributed by atoms with Crippen molar-refractivity contribution in [2.75, 3.05) is 12.3 Å². The number of hydrogen-bond acceptors (Lipinski definition) is 3. The van der Waals surface area contributed by atoms with E-state index in [-0.39, 0.29) is 10.6 Å². The Balaban J connectivity index is 2.33. The van der Waals surface area contributed by atoms with Gasteiger partial charge < -0.3 is 11.1 Å². The fourth-order valence-electron chi connectivity index (χ4n) is 1.56. The van der Waals surface area contributed by atoms with Crippen molar-refractivity contribution < 1.29 is 18.0 Å². The van der Waals surface area contributed by atoms with Crippen LogP contribution in [-0.4, -0.2) is 18.6 Å². The van der Waals surface area contributed by atoms with Crippen LogP contribution in [0.2, 0.25) is 0 Å². The van der Waals surface area contributed by atoms with Crippen LogP contribution in [0.25, 0.3) is 10.1 Å². The summed E-state index contributed by atoms with van der Waals surface area (Å²) in [5, 5.41) is 2.45. The summed E-state index contributed by atoms with van der Waals surface area (Å²) < 4.78 is 37.6. The number of alkyl halides is 3. The number of nitrogen functional groups attached to an aromatic ring is 1. The zero-order valence-corrected chi connectivity index (χ0v) is 11.7. The number of anilines is 1. The molecule has 3 N–H and O–H groups in total. The monoisotopic (exact) mass is 352 g/mol. The molecule has 1 aromatic heterocycles. The van der Waals surface area contributed by atoms with E-state index in [1.54, 1.807) is 18.2 Å². The fourth-order valence-corrected chi connectivity index (χ4v) is 3.34. The average Bonchev–Trinajstić information content (AvgIpc) is 2.64. The molecule has 3 nitrogen and oxygen atoms in total.